The second-order valence-corrected chi connectivity index (χ2v) is 7.45. The van der Waals surface area contributed by atoms with Crippen molar-refractivity contribution < 1.29 is 26.4 Å². The van der Waals surface area contributed by atoms with Crippen LogP contribution in [-0.4, -0.2) is 49.5 Å². The molecular formula is C12H20F3NO3S. The van der Waals surface area contributed by atoms with Gasteiger partial charge in [-0.2, -0.15) is 13.2 Å². The third-order valence-electron chi connectivity index (χ3n) is 3.52. The lowest BCUT2D eigenvalue weighted by atomic mass is 10.3. The largest absolute Gasteiger partial charge is 0.406 e. The lowest BCUT2D eigenvalue weighted by Crippen LogP contribution is -2.39. The average Bonchev–Trinajstić information content (AvgIpc) is 2.86. The predicted octanol–water partition coefficient (Wildman–Crippen LogP) is 2.14. The number of alkyl halides is 3. The zero-order valence-electron chi connectivity index (χ0n) is 11.4. The molecule has 0 aromatic carbocycles. The van der Waals surface area contributed by atoms with Crippen LogP contribution in [0.15, 0.2) is 0 Å². The molecule has 1 fully saturated rings. The van der Waals surface area contributed by atoms with Crippen molar-refractivity contribution >= 4 is 15.7 Å². The first-order chi connectivity index (χ1) is 9.15. The van der Waals surface area contributed by atoms with Crippen LogP contribution in [-0.2, 0) is 14.6 Å². The predicted molar refractivity (Wildman–Crippen MR) is 69.0 cm³/mol. The minimum absolute atomic E-state index is 0.0815. The lowest BCUT2D eigenvalue weighted by molar-refractivity contribution is -0.160. The average molecular weight is 315 g/mol. The quantitative estimate of drug-likeness (QED) is 0.754. The Balaban J connectivity index is 2.52. The van der Waals surface area contributed by atoms with E-state index in [9.17, 15) is 26.4 Å². The highest BCUT2D eigenvalue weighted by Gasteiger charge is 2.33. The SMILES string of the molecule is CCN(CC(F)(F)F)C(=O)CCS(=O)(=O)C1CCCC1. The molecule has 0 bridgehead atoms. The molecule has 0 atom stereocenters. The molecule has 4 nitrogen and oxygen atoms in total. The van der Waals surface area contributed by atoms with Crippen molar-refractivity contribution in [1.29, 1.82) is 0 Å². The summed E-state index contributed by atoms with van der Waals surface area (Å²) >= 11 is 0. The summed E-state index contributed by atoms with van der Waals surface area (Å²) in [5, 5.41) is -0.423. The maximum absolute atomic E-state index is 12.3. The van der Waals surface area contributed by atoms with Gasteiger partial charge >= 0.3 is 6.18 Å². The summed E-state index contributed by atoms with van der Waals surface area (Å²) < 4.78 is 60.7. The highest BCUT2D eigenvalue weighted by molar-refractivity contribution is 7.92. The van der Waals surface area contributed by atoms with Crippen molar-refractivity contribution in [1.82, 2.24) is 4.90 Å². The van der Waals surface area contributed by atoms with Gasteiger partial charge in [-0.3, -0.25) is 4.79 Å². The third kappa shape index (κ3) is 5.30. The molecule has 0 aromatic heterocycles. The number of amides is 1. The van der Waals surface area contributed by atoms with Crippen molar-refractivity contribution in [2.24, 2.45) is 0 Å². The first-order valence-electron chi connectivity index (χ1n) is 6.72. The molecule has 1 rings (SSSR count). The van der Waals surface area contributed by atoms with Crippen LogP contribution in [0.4, 0.5) is 13.2 Å². The van der Waals surface area contributed by atoms with Gasteiger partial charge in [0.1, 0.15) is 6.54 Å². The summed E-state index contributed by atoms with van der Waals surface area (Å²) in [4.78, 5) is 12.3. The van der Waals surface area contributed by atoms with Gasteiger partial charge in [-0.05, 0) is 19.8 Å². The van der Waals surface area contributed by atoms with Crippen LogP contribution in [0.25, 0.3) is 0 Å². The number of hydrogen-bond donors (Lipinski definition) is 0. The topological polar surface area (TPSA) is 54.5 Å². The molecule has 0 unspecified atom stereocenters. The number of carbonyl (C=O) groups excluding carboxylic acids is 1. The first kappa shape index (κ1) is 17.3. The van der Waals surface area contributed by atoms with E-state index in [0.717, 1.165) is 12.8 Å². The van der Waals surface area contributed by atoms with Gasteiger partial charge in [-0.1, -0.05) is 12.8 Å². The van der Waals surface area contributed by atoms with Gasteiger partial charge < -0.3 is 4.90 Å². The van der Waals surface area contributed by atoms with Crippen LogP contribution in [0.2, 0.25) is 0 Å². The summed E-state index contributed by atoms with van der Waals surface area (Å²) in [6, 6.07) is 0. The highest BCUT2D eigenvalue weighted by Crippen LogP contribution is 2.25. The van der Waals surface area contributed by atoms with Gasteiger partial charge in [0.05, 0.1) is 11.0 Å². The molecule has 0 aromatic rings. The number of halogens is 3. The monoisotopic (exact) mass is 315 g/mol. The Labute approximate surface area is 117 Å². The molecule has 8 heteroatoms. The van der Waals surface area contributed by atoms with Crippen LogP contribution >= 0.6 is 0 Å². The van der Waals surface area contributed by atoms with Crippen LogP contribution in [0, 0.1) is 0 Å². The van der Waals surface area contributed by atoms with E-state index in [1.165, 1.54) is 6.92 Å². The van der Waals surface area contributed by atoms with Gasteiger partial charge in [0.25, 0.3) is 0 Å². The van der Waals surface area contributed by atoms with E-state index in [1.807, 2.05) is 0 Å². The third-order valence-corrected chi connectivity index (χ3v) is 5.78. The van der Waals surface area contributed by atoms with Crippen molar-refractivity contribution in [2.45, 2.75) is 50.5 Å². The van der Waals surface area contributed by atoms with Gasteiger partial charge in [0, 0.05) is 13.0 Å². The van der Waals surface area contributed by atoms with Gasteiger partial charge in [-0.25, -0.2) is 8.42 Å². The fourth-order valence-corrected chi connectivity index (χ4v) is 4.24. The molecule has 118 valence electrons. The molecule has 0 radical (unpaired) electrons. The van der Waals surface area contributed by atoms with E-state index in [2.05, 4.69) is 0 Å². The fraction of sp³-hybridized carbons (Fsp3) is 0.917. The van der Waals surface area contributed by atoms with Crippen LogP contribution in [0.5, 0.6) is 0 Å². The van der Waals surface area contributed by atoms with Crippen LogP contribution < -0.4 is 0 Å². The van der Waals surface area contributed by atoms with E-state index < -0.39 is 33.7 Å². The molecular weight excluding hydrogens is 295 g/mol. The van der Waals surface area contributed by atoms with Crippen molar-refractivity contribution in [3.63, 3.8) is 0 Å². The Bertz CT molecular complexity index is 428. The number of nitrogens with zero attached hydrogens (tertiary/aromatic N) is 1. The van der Waals surface area contributed by atoms with Gasteiger partial charge in [0.2, 0.25) is 5.91 Å². The molecule has 1 aliphatic rings. The maximum Gasteiger partial charge on any atom is 0.406 e. The molecule has 0 saturated heterocycles. The van der Waals surface area contributed by atoms with E-state index in [1.54, 1.807) is 0 Å². The number of carbonyl (C=O) groups is 1. The second-order valence-electron chi connectivity index (χ2n) is 5.05. The van der Waals surface area contributed by atoms with E-state index >= 15 is 0 Å². The minimum atomic E-state index is -4.46. The lowest BCUT2D eigenvalue weighted by Gasteiger charge is -2.22. The molecule has 1 saturated carbocycles. The normalized spacial score (nSPS) is 17.4. The summed E-state index contributed by atoms with van der Waals surface area (Å²) in [6.45, 7) is 0.0305. The fourth-order valence-electron chi connectivity index (χ4n) is 2.39. The minimum Gasteiger partial charge on any atom is -0.334 e. The van der Waals surface area contributed by atoms with E-state index in [0.29, 0.717) is 17.7 Å². The van der Waals surface area contributed by atoms with Crippen LogP contribution in [0.3, 0.4) is 0 Å². The van der Waals surface area contributed by atoms with Crippen LogP contribution in [0.1, 0.15) is 39.0 Å². The summed E-state index contributed by atoms with van der Waals surface area (Å²) in [6.07, 6.45) is -1.94. The van der Waals surface area contributed by atoms with Crippen molar-refractivity contribution in [3.05, 3.63) is 0 Å². The molecule has 0 heterocycles. The Morgan fingerprint density at radius 2 is 1.80 bits per heavy atom. The van der Waals surface area contributed by atoms with Crippen molar-refractivity contribution in [2.75, 3.05) is 18.8 Å². The molecule has 1 amide bonds. The number of hydrogen-bond acceptors (Lipinski definition) is 3. The van der Waals surface area contributed by atoms with E-state index in [4.69, 9.17) is 0 Å². The van der Waals surface area contributed by atoms with E-state index in [-0.39, 0.29) is 18.7 Å². The number of rotatable bonds is 6. The van der Waals surface area contributed by atoms with Gasteiger partial charge in [-0.15, -0.1) is 0 Å². The first-order valence-corrected chi connectivity index (χ1v) is 8.43. The standard InChI is InChI=1S/C12H20F3NO3S/c1-2-16(9-12(13,14)15)11(17)7-8-20(18,19)10-5-3-4-6-10/h10H,2-9H2,1H3. The summed E-state index contributed by atoms with van der Waals surface area (Å²) in [5.74, 6) is -1.11. The second kappa shape index (κ2) is 6.78. The number of sulfone groups is 1. The summed E-state index contributed by atoms with van der Waals surface area (Å²) in [5.41, 5.74) is 0. The molecule has 0 aliphatic heterocycles. The smallest absolute Gasteiger partial charge is 0.334 e. The Hall–Kier alpha value is -0.790. The molecule has 1 aliphatic carbocycles. The zero-order chi connectivity index (χ0) is 15.4. The summed E-state index contributed by atoms with van der Waals surface area (Å²) in [7, 11) is -3.37. The Kier molecular flexibility index (Phi) is 5.85. The Morgan fingerprint density at radius 1 is 1.25 bits per heavy atom. The van der Waals surface area contributed by atoms with Crippen molar-refractivity contribution in [3.8, 4) is 0 Å². The molecule has 0 spiro atoms. The Morgan fingerprint density at radius 3 is 2.25 bits per heavy atom. The molecule has 0 N–H and O–H groups in total. The molecule has 20 heavy (non-hydrogen) atoms. The van der Waals surface area contributed by atoms with Gasteiger partial charge in [0.15, 0.2) is 9.84 Å². The maximum atomic E-state index is 12.3. The zero-order valence-corrected chi connectivity index (χ0v) is 12.3. The highest BCUT2D eigenvalue weighted by atomic mass is 32.2.